The van der Waals surface area contributed by atoms with Crippen LogP contribution >= 0.6 is 0 Å². The van der Waals surface area contributed by atoms with Crippen molar-refractivity contribution in [3.05, 3.63) is 0 Å². The lowest BCUT2D eigenvalue weighted by Gasteiger charge is -2.14. The van der Waals surface area contributed by atoms with Crippen LogP contribution in [0, 0.1) is 11.8 Å². The Morgan fingerprint density at radius 1 is 0.613 bits per heavy atom. The second-order valence-corrected chi connectivity index (χ2v) is 7.92. The zero-order valence-corrected chi connectivity index (χ0v) is 20.3. The molecule has 0 aromatic heterocycles. The molecule has 0 saturated carbocycles. The van der Waals surface area contributed by atoms with Gasteiger partial charge in [0, 0.05) is 0 Å². The van der Waals surface area contributed by atoms with E-state index in [9.17, 15) is 9.59 Å². The van der Waals surface area contributed by atoms with Crippen molar-refractivity contribution in [2.75, 3.05) is 52.9 Å². The Hall–Kier alpha value is -1.18. The molecule has 0 heterocycles. The fraction of sp³-hybridized carbons (Fsp3) is 0.917. The molecule has 0 bridgehead atoms. The molecule has 0 aliphatic carbocycles. The summed E-state index contributed by atoms with van der Waals surface area (Å²) in [4.78, 5) is 23.4. The highest BCUT2D eigenvalue weighted by atomic mass is 16.6. The molecule has 0 aliphatic heterocycles. The van der Waals surface area contributed by atoms with E-state index in [0.29, 0.717) is 51.5 Å². The first-order chi connectivity index (χ1) is 15.1. The second kappa shape index (κ2) is 22.0. The molecule has 7 heteroatoms. The lowest BCUT2D eigenvalue weighted by molar-refractivity contribution is -0.151. The zero-order valence-electron chi connectivity index (χ0n) is 20.3. The fourth-order valence-electron chi connectivity index (χ4n) is 2.95. The van der Waals surface area contributed by atoms with Gasteiger partial charge in [0.2, 0.25) is 0 Å². The van der Waals surface area contributed by atoms with Gasteiger partial charge in [-0.05, 0) is 24.7 Å². The third kappa shape index (κ3) is 19.2. The standard InChI is InChI=1S/C24H46O7/c1-5-9-11-21(7-3)17-30-23(25)19-28-15-13-27-14-16-29-20-24(26)31-18-22(8-4)12-10-6-2/h21-22H,5-20H2,1-4H3. The number of ether oxygens (including phenoxy) is 5. The van der Waals surface area contributed by atoms with Crippen molar-refractivity contribution in [3.63, 3.8) is 0 Å². The van der Waals surface area contributed by atoms with Crippen LogP contribution in [-0.4, -0.2) is 64.8 Å². The van der Waals surface area contributed by atoms with Crippen LogP contribution in [0.5, 0.6) is 0 Å². The Morgan fingerprint density at radius 3 is 1.35 bits per heavy atom. The van der Waals surface area contributed by atoms with Crippen LogP contribution in [0.1, 0.15) is 79.1 Å². The molecule has 0 radical (unpaired) electrons. The van der Waals surface area contributed by atoms with Crippen LogP contribution in [0.25, 0.3) is 0 Å². The molecule has 0 fully saturated rings. The van der Waals surface area contributed by atoms with Gasteiger partial charge in [-0.1, -0.05) is 66.2 Å². The number of carbonyl (C=O) groups is 2. The molecule has 0 saturated heterocycles. The van der Waals surface area contributed by atoms with Gasteiger partial charge >= 0.3 is 11.9 Å². The molecule has 31 heavy (non-hydrogen) atoms. The zero-order chi connectivity index (χ0) is 23.2. The molecule has 0 aromatic rings. The van der Waals surface area contributed by atoms with Crippen molar-refractivity contribution in [2.24, 2.45) is 11.8 Å². The summed E-state index contributed by atoms with van der Waals surface area (Å²) >= 11 is 0. The molecular weight excluding hydrogens is 400 g/mol. The van der Waals surface area contributed by atoms with Gasteiger partial charge in [0.15, 0.2) is 0 Å². The topological polar surface area (TPSA) is 80.3 Å². The van der Waals surface area contributed by atoms with Gasteiger partial charge in [-0.25, -0.2) is 9.59 Å². The van der Waals surface area contributed by atoms with Crippen molar-refractivity contribution in [2.45, 2.75) is 79.1 Å². The Balaban J connectivity index is 3.52. The first-order valence-electron chi connectivity index (χ1n) is 12.1. The Labute approximate surface area is 189 Å². The summed E-state index contributed by atoms with van der Waals surface area (Å²) in [6.45, 7) is 10.7. The summed E-state index contributed by atoms with van der Waals surface area (Å²) in [5.41, 5.74) is 0. The second-order valence-electron chi connectivity index (χ2n) is 7.92. The smallest absolute Gasteiger partial charge is 0.332 e. The average Bonchev–Trinajstić information content (AvgIpc) is 2.78. The minimum atomic E-state index is -0.336. The third-order valence-electron chi connectivity index (χ3n) is 5.23. The van der Waals surface area contributed by atoms with Crippen molar-refractivity contribution in [1.82, 2.24) is 0 Å². The van der Waals surface area contributed by atoms with Gasteiger partial charge in [0.25, 0.3) is 0 Å². The largest absolute Gasteiger partial charge is 0.464 e. The molecule has 0 amide bonds. The highest BCUT2D eigenvalue weighted by Crippen LogP contribution is 2.13. The number of esters is 2. The summed E-state index contributed by atoms with van der Waals surface area (Å²) < 4.78 is 26.4. The van der Waals surface area contributed by atoms with E-state index in [1.54, 1.807) is 0 Å². The number of hydrogen-bond acceptors (Lipinski definition) is 7. The summed E-state index contributed by atoms with van der Waals surface area (Å²) in [5.74, 6) is 0.186. The fourth-order valence-corrected chi connectivity index (χ4v) is 2.95. The minimum Gasteiger partial charge on any atom is -0.464 e. The van der Waals surface area contributed by atoms with E-state index in [0.717, 1.165) is 51.4 Å². The minimum absolute atomic E-state index is 0.0626. The van der Waals surface area contributed by atoms with E-state index in [2.05, 4.69) is 27.7 Å². The predicted molar refractivity (Wildman–Crippen MR) is 121 cm³/mol. The molecule has 184 valence electrons. The van der Waals surface area contributed by atoms with Crippen LogP contribution in [-0.2, 0) is 33.3 Å². The Morgan fingerprint density at radius 2 is 1.00 bits per heavy atom. The van der Waals surface area contributed by atoms with E-state index >= 15 is 0 Å². The van der Waals surface area contributed by atoms with Gasteiger partial charge in [0.1, 0.15) is 13.2 Å². The van der Waals surface area contributed by atoms with Gasteiger partial charge in [-0.2, -0.15) is 0 Å². The van der Waals surface area contributed by atoms with Crippen molar-refractivity contribution < 1.29 is 33.3 Å². The molecule has 0 aromatic carbocycles. The van der Waals surface area contributed by atoms with Gasteiger partial charge in [-0.15, -0.1) is 0 Å². The number of hydrogen-bond donors (Lipinski definition) is 0. The summed E-state index contributed by atoms with van der Waals surface area (Å²) in [5, 5.41) is 0. The predicted octanol–water partition coefficient (Wildman–Crippen LogP) is 4.56. The van der Waals surface area contributed by atoms with Gasteiger partial charge in [-0.3, -0.25) is 0 Å². The monoisotopic (exact) mass is 446 g/mol. The van der Waals surface area contributed by atoms with E-state index in [1.165, 1.54) is 0 Å². The van der Waals surface area contributed by atoms with E-state index < -0.39 is 0 Å². The maximum atomic E-state index is 11.7. The van der Waals surface area contributed by atoms with Crippen molar-refractivity contribution in [3.8, 4) is 0 Å². The van der Waals surface area contributed by atoms with Gasteiger partial charge < -0.3 is 23.7 Å². The van der Waals surface area contributed by atoms with E-state index in [4.69, 9.17) is 23.7 Å². The number of rotatable bonds is 22. The maximum absolute atomic E-state index is 11.7. The molecule has 2 unspecified atom stereocenters. The van der Waals surface area contributed by atoms with Crippen LogP contribution in [0.4, 0.5) is 0 Å². The van der Waals surface area contributed by atoms with E-state index in [1.807, 2.05) is 0 Å². The maximum Gasteiger partial charge on any atom is 0.332 e. The first-order valence-corrected chi connectivity index (χ1v) is 12.1. The van der Waals surface area contributed by atoms with Gasteiger partial charge in [0.05, 0.1) is 39.6 Å². The van der Waals surface area contributed by atoms with Crippen LogP contribution in [0.15, 0.2) is 0 Å². The molecule has 0 rings (SSSR count). The number of carbonyl (C=O) groups excluding carboxylic acids is 2. The van der Waals surface area contributed by atoms with E-state index in [-0.39, 0.29) is 25.2 Å². The quantitative estimate of drug-likeness (QED) is 0.178. The van der Waals surface area contributed by atoms with Crippen LogP contribution in [0.3, 0.4) is 0 Å². The molecule has 0 N–H and O–H groups in total. The molecule has 0 spiro atoms. The molecule has 0 aliphatic rings. The highest BCUT2D eigenvalue weighted by molar-refractivity contribution is 5.70. The van der Waals surface area contributed by atoms with Crippen molar-refractivity contribution >= 4 is 11.9 Å². The van der Waals surface area contributed by atoms with Crippen LogP contribution in [0.2, 0.25) is 0 Å². The summed E-state index contributed by atoms with van der Waals surface area (Å²) in [6, 6.07) is 0. The number of unbranched alkanes of at least 4 members (excludes halogenated alkanes) is 2. The SMILES string of the molecule is CCCCC(CC)COC(=O)COCCOCCOCC(=O)OCC(CC)CCCC. The molecule has 7 nitrogen and oxygen atoms in total. The lowest BCUT2D eigenvalue weighted by atomic mass is 10.0. The molecule has 2 atom stereocenters. The summed E-state index contributed by atoms with van der Waals surface area (Å²) in [6.07, 6.45) is 8.84. The lowest BCUT2D eigenvalue weighted by Crippen LogP contribution is -2.20. The highest BCUT2D eigenvalue weighted by Gasteiger charge is 2.11. The van der Waals surface area contributed by atoms with Crippen molar-refractivity contribution in [1.29, 1.82) is 0 Å². The van der Waals surface area contributed by atoms with Crippen LogP contribution < -0.4 is 0 Å². The molecular formula is C24H46O7. The first kappa shape index (κ1) is 29.8. The Bertz CT molecular complexity index is 390. The summed E-state index contributed by atoms with van der Waals surface area (Å²) in [7, 11) is 0. The third-order valence-corrected chi connectivity index (χ3v) is 5.23. The average molecular weight is 447 g/mol. The Kier molecular flexibility index (Phi) is 21.2. The normalized spacial score (nSPS) is 13.0.